The normalized spacial score (nSPS) is 10.4. The van der Waals surface area contributed by atoms with E-state index in [1.807, 2.05) is 10.8 Å². The molecule has 7 rings (SSSR count). The highest BCUT2D eigenvalue weighted by atomic mass is 79.9. The fraction of sp³-hybridized carbons (Fsp3) is 0.0256. The van der Waals surface area contributed by atoms with Gasteiger partial charge in [-0.3, -0.25) is 0 Å². The van der Waals surface area contributed by atoms with Crippen LogP contribution in [0.4, 0.5) is 8.78 Å². The average molecular weight is 740 g/mol. The zero-order chi connectivity index (χ0) is 32.8. The van der Waals surface area contributed by atoms with Crippen molar-refractivity contribution in [2.24, 2.45) is 0 Å². The second-order valence-corrected chi connectivity index (χ2v) is 14.5. The Morgan fingerprint density at radius 3 is 1.34 bits per heavy atom. The van der Waals surface area contributed by atoms with E-state index in [-0.39, 0.29) is 11.6 Å². The molecule has 0 aliphatic heterocycles. The third-order valence-corrected chi connectivity index (χ3v) is 11.7. The van der Waals surface area contributed by atoms with Crippen molar-refractivity contribution in [3.05, 3.63) is 179 Å². The molecule has 7 aromatic rings. The van der Waals surface area contributed by atoms with Crippen molar-refractivity contribution in [2.75, 3.05) is 0 Å². The van der Waals surface area contributed by atoms with Crippen molar-refractivity contribution in [3.63, 3.8) is 0 Å². The van der Waals surface area contributed by atoms with Crippen LogP contribution in [0.15, 0.2) is 157 Å². The molecular formula is C39H30BrF2N2PS2. The Balaban J connectivity index is 0.000000141. The van der Waals surface area contributed by atoms with Gasteiger partial charge in [-0.2, -0.15) is 0 Å². The van der Waals surface area contributed by atoms with Crippen molar-refractivity contribution < 1.29 is 8.78 Å². The second kappa shape index (κ2) is 17.7. The van der Waals surface area contributed by atoms with Crippen LogP contribution in [-0.2, 0) is 5.33 Å². The van der Waals surface area contributed by atoms with Crippen LogP contribution in [0.5, 0.6) is 0 Å². The first-order valence-corrected chi connectivity index (χ1v) is 18.8. The van der Waals surface area contributed by atoms with Crippen molar-refractivity contribution in [1.29, 1.82) is 0 Å². The predicted octanol–water partition coefficient (Wildman–Crippen LogP) is 10.9. The highest BCUT2D eigenvalue weighted by molar-refractivity contribution is 9.08. The first kappa shape index (κ1) is 34.2. The SMILES string of the molecule is C=Cc1nc(-c2ccc(F)cc2)cs1.Fc1ccc(-c2csc(CBr)n2)cc1.c1ccc(P(c2ccccc2)c2ccccc2)cc1. The summed E-state index contributed by atoms with van der Waals surface area (Å²) >= 11 is 6.47. The molecule has 0 saturated heterocycles. The lowest BCUT2D eigenvalue weighted by Crippen LogP contribution is -2.20. The molecule has 0 bridgehead atoms. The van der Waals surface area contributed by atoms with Crippen LogP contribution < -0.4 is 15.9 Å². The molecule has 0 fully saturated rings. The molecule has 0 amide bonds. The minimum Gasteiger partial charge on any atom is -0.240 e. The molecule has 0 radical (unpaired) electrons. The first-order valence-electron chi connectivity index (χ1n) is 14.6. The number of thiazole rings is 2. The largest absolute Gasteiger partial charge is 0.240 e. The van der Waals surface area contributed by atoms with E-state index in [4.69, 9.17) is 0 Å². The topological polar surface area (TPSA) is 25.8 Å². The maximum absolute atomic E-state index is 12.6. The molecule has 0 saturated carbocycles. The monoisotopic (exact) mass is 738 g/mol. The highest BCUT2D eigenvalue weighted by Crippen LogP contribution is 2.32. The summed E-state index contributed by atoms with van der Waals surface area (Å²) in [5.41, 5.74) is 3.65. The average Bonchev–Trinajstić information content (AvgIpc) is 3.82. The van der Waals surface area contributed by atoms with E-state index in [9.17, 15) is 8.78 Å². The molecule has 0 atom stereocenters. The van der Waals surface area contributed by atoms with E-state index in [1.165, 1.54) is 51.5 Å². The maximum atomic E-state index is 12.6. The van der Waals surface area contributed by atoms with Crippen LogP contribution in [0.2, 0.25) is 0 Å². The molecule has 8 heteroatoms. The molecule has 0 N–H and O–H groups in total. The van der Waals surface area contributed by atoms with Gasteiger partial charge in [-0.1, -0.05) is 114 Å². The third-order valence-electron chi connectivity index (χ3n) is 6.69. The van der Waals surface area contributed by atoms with Crippen LogP contribution in [0, 0.1) is 11.6 Å². The molecule has 2 aromatic heterocycles. The number of aromatic nitrogens is 2. The third kappa shape index (κ3) is 9.93. The molecular weight excluding hydrogens is 709 g/mol. The highest BCUT2D eigenvalue weighted by Gasteiger charge is 2.15. The Kier molecular flexibility index (Phi) is 12.9. The van der Waals surface area contributed by atoms with Crippen LogP contribution in [0.3, 0.4) is 0 Å². The summed E-state index contributed by atoms with van der Waals surface area (Å²) in [4.78, 5) is 8.68. The fourth-order valence-corrected chi connectivity index (χ4v) is 8.58. The summed E-state index contributed by atoms with van der Waals surface area (Å²) in [5.74, 6) is -0.447. The van der Waals surface area contributed by atoms with Crippen LogP contribution >= 0.6 is 46.5 Å². The van der Waals surface area contributed by atoms with Gasteiger partial charge >= 0.3 is 0 Å². The summed E-state index contributed by atoms with van der Waals surface area (Å²) in [6, 6.07) is 45.0. The molecule has 0 aliphatic rings. The molecule has 234 valence electrons. The Morgan fingerprint density at radius 2 is 0.979 bits per heavy atom. The Morgan fingerprint density at radius 1 is 0.574 bits per heavy atom. The van der Waals surface area contributed by atoms with Gasteiger partial charge in [-0.15, -0.1) is 22.7 Å². The van der Waals surface area contributed by atoms with Crippen molar-refractivity contribution in [2.45, 2.75) is 5.33 Å². The zero-order valence-corrected chi connectivity index (χ0v) is 29.3. The van der Waals surface area contributed by atoms with Gasteiger partial charge in [0.15, 0.2) is 0 Å². The van der Waals surface area contributed by atoms with Gasteiger partial charge in [0, 0.05) is 21.9 Å². The van der Waals surface area contributed by atoms with Crippen molar-refractivity contribution >= 4 is 68.5 Å². The van der Waals surface area contributed by atoms with E-state index in [0.29, 0.717) is 0 Å². The van der Waals surface area contributed by atoms with E-state index in [0.717, 1.165) is 37.9 Å². The van der Waals surface area contributed by atoms with Gasteiger partial charge in [0.1, 0.15) is 21.6 Å². The molecule has 47 heavy (non-hydrogen) atoms. The van der Waals surface area contributed by atoms with Gasteiger partial charge in [-0.25, -0.2) is 18.7 Å². The quantitative estimate of drug-likeness (QED) is 0.120. The van der Waals surface area contributed by atoms with Gasteiger partial charge in [-0.05, 0) is 78.4 Å². The van der Waals surface area contributed by atoms with Gasteiger partial charge in [0.05, 0.1) is 16.7 Å². The number of halogens is 3. The maximum Gasteiger partial charge on any atom is 0.123 e. The summed E-state index contributed by atoms with van der Waals surface area (Å²) < 4.78 is 25.3. The Bertz CT molecular complexity index is 1850. The van der Waals surface area contributed by atoms with Crippen molar-refractivity contribution in [3.8, 4) is 22.5 Å². The number of nitrogens with zero attached hydrogens (tertiary/aromatic N) is 2. The lowest BCUT2D eigenvalue weighted by atomic mass is 10.2. The molecule has 0 aliphatic carbocycles. The smallest absolute Gasteiger partial charge is 0.123 e. The van der Waals surface area contributed by atoms with Crippen molar-refractivity contribution in [1.82, 2.24) is 9.97 Å². The Hall–Kier alpha value is -4.13. The van der Waals surface area contributed by atoms with E-state index < -0.39 is 7.92 Å². The lowest BCUT2D eigenvalue weighted by molar-refractivity contribution is 0.627. The van der Waals surface area contributed by atoms with Crippen LogP contribution in [-0.4, -0.2) is 9.97 Å². The number of benzene rings is 5. The number of hydrogen-bond acceptors (Lipinski definition) is 4. The molecule has 0 spiro atoms. The zero-order valence-electron chi connectivity index (χ0n) is 25.2. The molecule has 0 unspecified atom stereocenters. The predicted molar refractivity (Wildman–Crippen MR) is 203 cm³/mol. The standard InChI is InChI=1S/C18H15P.C11H8FNS.C10H7BrFNS/c1-4-10-16(11-5-1)19(17-12-6-2-7-13-17)18-14-8-3-9-15-18;1-2-11-13-10(7-14-11)8-3-5-9(12)6-4-8;11-5-10-13-9(6-14-10)7-1-3-8(12)4-2-7/h1-15H;2-7H,1H2;1-4,6H,5H2. The number of hydrogen-bond donors (Lipinski definition) is 0. The van der Waals surface area contributed by atoms with E-state index in [1.54, 1.807) is 41.7 Å². The van der Waals surface area contributed by atoms with Gasteiger partial charge in [0.25, 0.3) is 0 Å². The van der Waals surface area contributed by atoms with Gasteiger partial charge < -0.3 is 0 Å². The first-order chi connectivity index (χ1) is 23.0. The molecule has 5 aromatic carbocycles. The van der Waals surface area contributed by atoms with Crippen LogP contribution in [0.1, 0.15) is 10.0 Å². The van der Waals surface area contributed by atoms with E-state index in [2.05, 4.69) is 123 Å². The Labute approximate surface area is 292 Å². The summed E-state index contributed by atoms with van der Waals surface area (Å²) in [7, 11) is -0.446. The minimum atomic E-state index is -0.446. The summed E-state index contributed by atoms with van der Waals surface area (Å²) in [6.45, 7) is 3.64. The number of rotatable bonds is 7. The summed E-state index contributed by atoms with van der Waals surface area (Å²) in [5, 5.41) is 10.8. The minimum absolute atomic E-state index is 0.218. The summed E-state index contributed by atoms with van der Waals surface area (Å²) in [6.07, 6.45) is 1.71. The lowest BCUT2D eigenvalue weighted by Gasteiger charge is -2.18. The fourth-order valence-electron chi connectivity index (χ4n) is 4.44. The molecule has 2 nitrogen and oxygen atoms in total. The number of alkyl halides is 1. The van der Waals surface area contributed by atoms with Gasteiger partial charge in [0.2, 0.25) is 0 Å². The van der Waals surface area contributed by atoms with E-state index >= 15 is 0 Å². The molecule has 2 heterocycles. The second-order valence-electron chi connectivity index (χ2n) is 9.89. The van der Waals surface area contributed by atoms with Crippen LogP contribution in [0.25, 0.3) is 28.6 Å².